The molecule has 0 radical (unpaired) electrons. The number of thiophene rings is 1. The van der Waals surface area contributed by atoms with E-state index in [2.05, 4.69) is 23.6 Å². The van der Waals surface area contributed by atoms with Gasteiger partial charge in [0, 0.05) is 36.1 Å². The first-order valence-corrected chi connectivity index (χ1v) is 11.9. The number of hydrogen-bond donors (Lipinski definition) is 0. The molecule has 5 rings (SSSR count). The van der Waals surface area contributed by atoms with E-state index in [0.29, 0.717) is 30.3 Å². The Labute approximate surface area is 197 Å². The standard InChI is InChI=1S/C26H26N2O4S/c1-31-21-9-8-19(15-22(21)32-2)28-16-18(14-24(28)29)26(30)27-12-10-23-20(11-13-33-23)25(27)17-6-4-3-5-7-17/h3-9,11,13,15,18,25H,10,12,14,16H2,1-2H3. The number of rotatable bonds is 5. The number of hydrogen-bond acceptors (Lipinski definition) is 5. The topological polar surface area (TPSA) is 59.1 Å². The van der Waals surface area contributed by atoms with Crippen molar-refractivity contribution in [3.05, 3.63) is 76.0 Å². The molecule has 1 saturated heterocycles. The van der Waals surface area contributed by atoms with Crippen LogP contribution in [0.3, 0.4) is 0 Å². The van der Waals surface area contributed by atoms with E-state index in [1.807, 2.05) is 29.2 Å². The second-order valence-electron chi connectivity index (χ2n) is 8.34. The van der Waals surface area contributed by atoms with Gasteiger partial charge >= 0.3 is 0 Å². The van der Waals surface area contributed by atoms with Gasteiger partial charge in [-0.25, -0.2) is 0 Å². The van der Waals surface area contributed by atoms with Gasteiger partial charge in [0.15, 0.2) is 11.5 Å². The molecule has 2 aliphatic heterocycles. The molecule has 3 aromatic rings. The van der Waals surface area contributed by atoms with Gasteiger partial charge in [-0.05, 0) is 41.1 Å². The van der Waals surface area contributed by atoms with Crippen LogP contribution < -0.4 is 14.4 Å². The van der Waals surface area contributed by atoms with E-state index < -0.39 is 0 Å². The maximum atomic E-state index is 13.8. The monoisotopic (exact) mass is 462 g/mol. The van der Waals surface area contributed by atoms with Crippen molar-refractivity contribution in [2.45, 2.75) is 18.9 Å². The number of nitrogens with zero attached hydrogens (tertiary/aromatic N) is 2. The number of benzene rings is 2. The number of carbonyl (C=O) groups is 2. The molecule has 3 heterocycles. The Balaban J connectivity index is 1.41. The molecule has 7 heteroatoms. The van der Waals surface area contributed by atoms with Gasteiger partial charge in [0.2, 0.25) is 11.8 Å². The van der Waals surface area contributed by atoms with E-state index in [4.69, 9.17) is 9.47 Å². The molecule has 2 aliphatic rings. The van der Waals surface area contributed by atoms with Crippen molar-refractivity contribution in [2.24, 2.45) is 5.92 Å². The number of amides is 2. The highest BCUT2D eigenvalue weighted by molar-refractivity contribution is 7.10. The summed E-state index contributed by atoms with van der Waals surface area (Å²) < 4.78 is 10.7. The highest BCUT2D eigenvalue weighted by atomic mass is 32.1. The number of ether oxygens (including phenoxy) is 2. The van der Waals surface area contributed by atoms with Crippen molar-refractivity contribution in [2.75, 3.05) is 32.2 Å². The summed E-state index contributed by atoms with van der Waals surface area (Å²) in [5.74, 6) is 0.771. The average Bonchev–Trinajstić information content (AvgIpc) is 3.49. The van der Waals surface area contributed by atoms with Gasteiger partial charge in [-0.2, -0.15) is 0 Å². The summed E-state index contributed by atoms with van der Waals surface area (Å²) in [7, 11) is 3.15. The van der Waals surface area contributed by atoms with Crippen LogP contribution >= 0.6 is 11.3 Å². The summed E-state index contributed by atoms with van der Waals surface area (Å²) in [5, 5.41) is 2.10. The SMILES string of the molecule is COc1ccc(N2CC(C(=O)N3CCc4sccc4C3c3ccccc3)CC2=O)cc1OC. The summed E-state index contributed by atoms with van der Waals surface area (Å²) in [6.45, 7) is 1.02. The number of carbonyl (C=O) groups excluding carboxylic acids is 2. The minimum absolute atomic E-state index is 0.0389. The first kappa shape index (κ1) is 21.5. The van der Waals surface area contributed by atoms with E-state index in [-0.39, 0.29) is 30.2 Å². The zero-order valence-corrected chi connectivity index (χ0v) is 19.5. The lowest BCUT2D eigenvalue weighted by Crippen LogP contribution is -2.43. The Kier molecular flexibility index (Phi) is 5.81. The first-order chi connectivity index (χ1) is 16.1. The van der Waals surface area contributed by atoms with E-state index in [0.717, 1.165) is 12.0 Å². The van der Waals surface area contributed by atoms with Crippen LogP contribution in [0.15, 0.2) is 60.0 Å². The summed E-state index contributed by atoms with van der Waals surface area (Å²) in [5.41, 5.74) is 3.02. The molecule has 0 saturated carbocycles. The quantitative estimate of drug-likeness (QED) is 0.568. The predicted octanol–water partition coefficient (Wildman–Crippen LogP) is 4.29. The Bertz CT molecular complexity index is 1180. The minimum Gasteiger partial charge on any atom is -0.493 e. The average molecular weight is 463 g/mol. The van der Waals surface area contributed by atoms with Gasteiger partial charge in [-0.3, -0.25) is 9.59 Å². The minimum atomic E-state index is -0.378. The van der Waals surface area contributed by atoms with Gasteiger partial charge in [0.25, 0.3) is 0 Å². The summed E-state index contributed by atoms with van der Waals surface area (Å²) in [6.07, 6.45) is 1.06. The molecule has 33 heavy (non-hydrogen) atoms. The highest BCUT2D eigenvalue weighted by Gasteiger charge is 2.41. The summed E-state index contributed by atoms with van der Waals surface area (Å²) in [4.78, 5) is 31.7. The Morgan fingerprint density at radius 1 is 1.03 bits per heavy atom. The van der Waals surface area contributed by atoms with Crippen molar-refractivity contribution < 1.29 is 19.1 Å². The molecular weight excluding hydrogens is 436 g/mol. The van der Waals surface area contributed by atoms with Gasteiger partial charge in [-0.15, -0.1) is 11.3 Å². The van der Waals surface area contributed by atoms with Gasteiger partial charge in [0.1, 0.15) is 0 Å². The van der Waals surface area contributed by atoms with Crippen molar-refractivity contribution >= 4 is 28.8 Å². The third kappa shape index (κ3) is 3.86. The van der Waals surface area contributed by atoms with E-state index in [1.54, 1.807) is 42.6 Å². The second kappa shape index (κ2) is 8.90. The van der Waals surface area contributed by atoms with Crippen LogP contribution in [-0.2, 0) is 16.0 Å². The maximum Gasteiger partial charge on any atom is 0.228 e. The zero-order valence-electron chi connectivity index (χ0n) is 18.7. The van der Waals surface area contributed by atoms with Crippen LogP contribution in [-0.4, -0.2) is 44.0 Å². The number of anilines is 1. The molecule has 1 fully saturated rings. The molecule has 170 valence electrons. The highest BCUT2D eigenvalue weighted by Crippen LogP contribution is 2.40. The molecule has 1 aromatic heterocycles. The summed E-state index contributed by atoms with van der Waals surface area (Å²) >= 11 is 1.75. The molecule has 0 N–H and O–H groups in total. The molecule has 2 aromatic carbocycles. The third-order valence-electron chi connectivity index (χ3n) is 6.52. The smallest absolute Gasteiger partial charge is 0.228 e. The van der Waals surface area contributed by atoms with Gasteiger partial charge < -0.3 is 19.3 Å². The first-order valence-electron chi connectivity index (χ1n) is 11.0. The van der Waals surface area contributed by atoms with Crippen molar-refractivity contribution in [3.63, 3.8) is 0 Å². The third-order valence-corrected chi connectivity index (χ3v) is 7.51. The molecule has 6 nitrogen and oxygen atoms in total. The van der Waals surface area contributed by atoms with E-state index in [9.17, 15) is 9.59 Å². The van der Waals surface area contributed by atoms with Crippen LogP contribution in [0, 0.1) is 5.92 Å². The fourth-order valence-electron chi connectivity index (χ4n) is 4.90. The van der Waals surface area contributed by atoms with Crippen LogP contribution in [0.5, 0.6) is 11.5 Å². The predicted molar refractivity (Wildman–Crippen MR) is 128 cm³/mol. The lowest BCUT2D eigenvalue weighted by molar-refractivity contribution is -0.137. The lowest BCUT2D eigenvalue weighted by Gasteiger charge is -2.37. The lowest BCUT2D eigenvalue weighted by atomic mass is 9.91. The van der Waals surface area contributed by atoms with Crippen LogP contribution in [0.1, 0.15) is 28.5 Å². The molecule has 0 bridgehead atoms. The Morgan fingerprint density at radius 3 is 2.58 bits per heavy atom. The Morgan fingerprint density at radius 2 is 1.82 bits per heavy atom. The zero-order chi connectivity index (χ0) is 22.9. The molecule has 0 aliphatic carbocycles. The van der Waals surface area contributed by atoms with Gasteiger partial charge in [0.05, 0.1) is 26.2 Å². The van der Waals surface area contributed by atoms with E-state index in [1.165, 1.54) is 10.4 Å². The molecule has 0 spiro atoms. The fraction of sp³-hybridized carbons (Fsp3) is 0.308. The van der Waals surface area contributed by atoms with Crippen molar-refractivity contribution in [1.82, 2.24) is 4.90 Å². The normalized spacial score (nSPS) is 20.0. The molecule has 2 unspecified atom stereocenters. The van der Waals surface area contributed by atoms with Gasteiger partial charge in [-0.1, -0.05) is 30.3 Å². The Hall–Kier alpha value is -3.32. The number of fused-ring (bicyclic) bond motifs is 1. The van der Waals surface area contributed by atoms with Crippen LogP contribution in [0.2, 0.25) is 0 Å². The fourth-order valence-corrected chi connectivity index (χ4v) is 5.80. The largest absolute Gasteiger partial charge is 0.493 e. The molecule has 2 atom stereocenters. The van der Waals surface area contributed by atoms with Crippen molar-refractivity contribution in [3.8, 4) is 11.5 Å². The van der Waals surface area contributed by atoms with Crippen molar-refractivity contribution in [1.29, 1.82) is 0 Å². The molecular formula is C26H26N2O4S. The van der Waals surface area contributed by atoms with E-state index >= 15 is 0 Å². The van der Waals surface area contributed by atoms with Crippen LogP contribution in [0.4, 0.5) is 5.69 Å². The summed E-state index contributed by atoms with van der Waals surface area (Å²) in [6, 6.07) is 17.6. The second-order valence-corrected chi connectivity index (χ2v) is 9.34. The maximum absolute atomic E-state index is 13.8. The van der Waals surface area contributed by atoms with Crippen LogP contribution in [0.25, 0.3) is 0 Å². The molecule has 2 amide bonds. The number of methoxy groups -OCH3 is 2.